The zero-order valence-corrected chi connectivity index (χ0v) is 12.1. The van der Waals surface area contributed by atoms with Gasteiger partial charge in [-0.15, -0.1) is 0 Å². The second-order valence-electron chi connectivity index (χ2n) is 6.35. The fourth-order valence-electron chi connectivity index (χ4n) is 3.30. The highest BCUT2D eigenvalue weighted by Gasteiger charge is 2.38. The molecule has 1 aromatic rings. The first-order valence-electron chi connectivity index (χ1n) is 7.85. The number of rotatable bonds is 3. The van der Waals surface area contributed by atoms with Gasteiger partial charge in [0.15, 0.2) is 0 Å². The summed E-state index contributed by atoms with van der Waals surface area (Å²) in [6.07, 6.45) is 8.58. The molecule has 4 rings (SSSR count). The van der Waals surface area contributed by atoms with E-state index in [1.54, 1.807) is 11.1 Å². The Hall–Kier alpha value is -1.85. The van der Waals surface area contributed by atoms with E-state index in [0.717, 1.165) is 44.6 Å². The Kier molecular flexibility index (Phi) is 2.97. The predicted octanol–water partition coefficient (Wildman–Crippen LogP) is 1.19. The van der Waals surface area contributed by atoms with Crippen LogP contribution in [-0.2, 0) is 9.59 Å². The lowest BCUT2D eigenvalue weighted by Gasteiger charge is -2.42. The molecule has 3 aliphatic rings. The Morgan fingerprint density at radius 2 is 2.05 bits per heavy atom. The second-order valence-corrected chi connectivity index (χ2v) is 6.35. The van der Waals surface area contributed by atoms with Crippen molar-refractivity contribution in [3.63, 3.8) is 0 Å². The van der Waals surface area contributed by atoms with Gasteiger partial charge in [0.25, 0.3) is 0 Å². The third-order valence-electron chi connectivity index (χ3n) is 4.98. The average Bonchev–Trinajstić information content (AvgIpc) is 2.93. The molecule has 2 amide bonds. The summed E-state index contributed by atoms with van der Waals surface area (Å²) < 4.78 is 1.91. The molecular weight excluding hydrogens is 268 g/mol. The van der Waals surface area contributed by atoms with Crippen molar-refractivity contribution < 1.29 is 9.59 Å². The number of hydrogen-bond acceptors (Lipinski definition) is 3. The highest BCUT2D eigenvalue weighted by molar-refractivity contribution is 5.95. The van der Waals surface area contributed by atoms with Crippen molar-refractivity contribution in [3.05, 3.63) is 12.4 Å². The van der Waals surface area contributed by atoms with E-state index in [2.05, 4.69) is 5.10 Å². The van der Waals surface area contributed by atoms with E-state index in [0.29, 0.717) is 12.3 Å². The summed E-state index contributed by atoms with van der Waals surface area (Å²) in [7, 11) is 0. The van der Waals surface area contributed by atoms with Gasteiger partial charge < -0.3 is 9.80 Å². The molecule has 21 heavy (non-hydrogen) atoms. The number of hydrogen-bond donors (Lipinski definition) is 0. The van der Waals surface area contributed by atoms with Crippen molar-refractivity contribution in [2.75, 3.05) is 24.5 Å². The molecule has 3 heterocycles. The fraction of sp³-hybridized carbons (Fsp3) is 0.667. The Bertz CT molecular complexity index is 572. The van der Waals surface area contributed by atoms with Crippen LogP contribution in [0.15, 0.2) is 12.4 Å². The first-order chi connectivity index (χ1) is 10.2. The summed E-state index contributed by atoms with van der Waals surface area (Å²) in [6.45, 7) is 2.30. The van der Waals surface area contributed by atoms with Crippen molar-refractivity contribution >= 4 is 17.5 Å². The Labute approximate surface area is 123 Å². The van der Waals surface area contributed by atoms with Crippen LogP contribution in [0.1, 0.15) is 38.1 Å². The van der Waals surface area contributed by atoms with E-state index in [1.807, 2.05) is 15.8 Å². The average molecular weight is 288 g/mol. The third-order valence-corrected chi connectivity index (χ3v) is 4.98. The SMILES string of the molecule is O=C(C1CCC1)N1CC(n2cc(N3CCCC3=O)cn2)C1. The molecule has 6 nitrogen and oxygen atoms in total. The molecule has 112 valence electrons. The zero-order chi connectivity index (χ0) is 14.4. The molecule has 1 aliphatic carbocycles. The van der Waals surface area contributed by atoms with E-state index in [-0.39, 0.29) is 17.9 Å². The number of anilines is 1. The van der Waals surface area contributed by atoms with Gasteiger partial charge in [-0.2, -0.15) is 5.10 Å². The number of aromatic nitrogens is 2. The normalized spacial score (nSPS) is 23.3. The maximum atomic E-state index is 12.1. The van der Waals surface area contributed by atoms with Crippen LogP contribution < -0.4 is 4.90 Å². The molecule has 3 fully saturated rings. The third kappa shape index (κ3) is 2.13. The number of carbonyl (C=O) groups excluding carboxylic acids is 2. The highest BCUT2D eigenvalue weighted by Crippen LogP contribution is 2.32. The van der Waals surface area contributed by atoms with Gasteiger partial charge in [0.2, 0.25) is 11.8 Å². The molecule has 0 spiro atoms. The van der Waals surface area contributed by atoms with Gasteiger partial charge in [0.1, 0.15) is 0 Å². The Morgan fingerprint density at radius 3 is 2.67 bits per heavy atom. The summed E-state index contributed by atoms with van der Waals surface area (Å²) >= 11 is 0. The minimum atomic E-state index is 0.185. The zero-order valence-electron chi connectivity index (χ0n) is 12.1. The molecule has 0 radical (unpaired) electrons. The van der Waals surface area contributed by atoms with Crippen molar-refractivity contribution in [3.8, 4) is 0 Å². The lowest BCUT2D eigenvalue weighted by molar-refractivity contribution is -0.144. The molecule has 0 bridgehead atoms. The van der Waals surface area contributed by atoms with Crippen LogP contribution in [-0.4, -0.2) is 46.1 Å². The maximum Gasteiger partial charge on any atom is 0.227 e. The molecule has 0 unspecified atom stereocenters. The number of likely N-dealkylation sites (tertiary alicyclic amines) is 1. The lowest BCUT2D eigenvalue weighted by Crippen LogP contribution is -2.53. The standard InChI is InChI=1S/C15H20N4O2/c20-14-5-2-6-18(14)12-7-16-19(10-12)13-8-17(9-13)15(21)11-3-1-4-11/h7,10-11,13H,1-6,8-9H2. The Morgan fingerprint density at radius 1 is 1.24 bits per heavy atom. The molecule has 0 N–H and O–H groups in total. The summed E-state index contributed by atoms with van der Waals surface area (Å²) in [4.78, 5) is 27.6. The van der Waals surface area contributed by atoms with Gasteiger partial charge in [-0.05, 0) is 19.3 Å². The summed E-state index contributed by atoms with van der Waals surface area (Å²) in [5, 5.41) is 4.37. The molecule has 2 aliphatic heterocycles. The summed E-state index contributed by atoms with van der Waals surface area (Å²) in [5.41, 5.74) is 0.890. The fourth-order valence-corrected chi connectivity index (χ4v) is 3.30. The summed E-state index contributed by atoms with van der Waals surface area (Å²) in [5.74, 6) is 0.783. The van der Waals surface area contributed by atoms with E-state index in [4.69, 9.17) is 0 Å². The van der Waals surface area contributed by atoms with Crippen molar-refractivity contribution in [2.24, 2.45) is 5.92 Å². The van der Waals surface area contributed by atoms with Gasteiger partial charge in [-0.3, -0.25) is 14.3 Å². The molecule has 1 aromatic heterocycles. The van der Waals surface area contributed by atoms with Gasteiger partial charge in [0.05, 0.1) is 17.9 Å². The number of nitrogens with zero attached hydrogens (tertiary/aromatic N) is 4. The van der Waals surface area contributed by atoms with Crippen molar-refractivity contribution in [1.82, 2.24) is 14.7 Å². The largest absolute Gasteiger partial charge is 0.338 e. The quantitative estimate of drug-likeness (QED) is 0.839. The Balaban J connectivity index is 1.37. The highest BCUT2D eigenvalue weighted by atomic mass is 16.2. The van der Waals surface area contributed by atoms with Gasteiger partial charge in [0, 0.05) is 38.2 Å². The minimum absolute atomic E-state index is 0.185. The van der Waals surface area contributed by atoms with Gasteiger partial charge >= 0.3 is 0 Å². The number of amides is 2. The topological polar surface area (TPSA) is 58.4 Å². The van der Waals surface area contributed by atoms with E-state index in [9.17, 15) is 9.59 Å². The maximum absolute atomic E-state index is 12.1. The molecular formula is C15H20N4O2. The first-order valence-corrected chi connectivity index (χ1v) is 7.85. The molecule has 6 heteroatoms. The van der Waals surface area contributed by atoms with Crippen LogP contribution in [0.4, 0.5) is 5.69 Å². The van der Waals surface area contributed by atoms with Crippen LogP contribution in [0, 0.1) is 5.92 Å². The predicted molar refractivity (Wildman–Crippen MR) is 76.8 cm³/mol. The van der Waals surface area contributed by atoms with Gasteiger partial charge in [-0.1, -0.05) is 6.42 Å². The molecule has 1 saturated carbocycles. The van der Waals surface area contributed by atoms with E-state index >= 15 is 0 Å². The van der Waals surface area contributed by atoms with E-state index in [1.165, 1.54) is 6.42 Å². The molecule has 0 aromatic carbocycles. The molecule has 2 saturated heterocycles. The van der Waals surface area contributed by atoms with Crippen LogP contribution in [0.3, 0.4) is 0 Å². The van der Waals surface area contributed by atoms with Gasteiger partial charge in [-0.25, -0.2) is 0 Å². The lowest BCUT2D eigenvalue weighted by atomic mass is 9.83. The van der Waals surface area contributed by atoms with Crippen LogP contribution in [0.25, 0.3) is 0 Å². The van der Waals surface area contributed by atoms with Crippen molar-refractivity contribution in [1.29, 1.82) is 0 Å². The number of carbonyl (C=O) groups is 2. The van der Waals surface area contributed by atoms with Crippen LogP contribution in [0.5, 0.6) is 0 Å². The summed E-state index contributed by atoms with van der Waals surface area (Å²) in [6, 6.07) is 0.264. The monoisotopic (exact) mass is 288 g/mol. The molecule has 0 atom stereocenters. The van der Waals surface area contributed by atoms with E-state index < -0.39 is 0 Å². The van der Waals surface area contributed by atoms with Crippen LogP contribution in [0.2, 0.25) is 0 Å². The second kappa shape index (κ2) is 4.86. The van der Waals surface area contributed by atoms with Crippen LogP contribution >= 0.6 is 0 Å². The van der Waals surface area contributed by atoms with Crippen molar-refractivity contribution in [2.45, 2.75) is 38.1 Å². The minimum Gasteiger partial charge on any atom is -0.338 e. The smallest absolute Gasteiger partial charge is 0.227 e. The first kappa shape index (κ1) is 12.9.